The molecule has 0 saturated heterocycles. The fourth-order valence-electron chi connectivity index (χ4n) is 4.18. The highest BCUT2D eigenvalue weighted by Crippen LogP contribution is 2.12. The summed E-state index contributed by atoms with van der Waals surface area (Å²) < 4.78 is 10.5. The molecule has 234 valence electrons. The van der Waals surface area contributed by atoms with Crippen LogP contribution >= 0.6 is 0 Å². The van der Waals surface area contributed by atoms with Crippen LogP contribution in [0.1, 0.15) is 136 Å². The molecule has 0 fully saturated rings. The number of carbonyl (C=O) groups is 2. The van der Waals surface area contributed by atoms with E-state index in [1.807, 2.05) is 6.08 Å². The van der Waals surface area contributed by atoms with E-state index in [-0.39, 0.29) is 25.2 Å². The van der Waals surface area contributed by atoms with E-state index < -0.39 is 6.10 Å². The van der Waals surface area contributed by atoms with Gasteiger partial charge in [-0.1, -0.05) is 126 Å². The van der Waals surface area contributed by atoms with E-state index in [9.17, 15) is 14.7 Å². The molecular formula is C36H60O5. The van der Waals surface area contributed by atoms with E-state index in [1.54, 1.807) is 0 Å². The van der Waals surface area contributed by atoms with Gasteiger partial charge in [-0.05, 0) is 57.8 Å². The highest BCUT2D eigenvalue weighted by Gasteiger charge is 2.16. The molecule has 0 radical (unpaired) electrons. The van der Waals surface area contributed by atoms with E-state index in [4.69, 9.17) is 9.47 Å². The molecule has 0 aromatic heterocycles. The summed E-state index contributed by atoms with van der Waals surface area (Å²) in [6.07, 6.45) is 39.8. The van der Waals surface area contributed by atoms with E-state index in [0.717, 1.165) is 83.5 Å². The van der Waals surface area contributed by atoms with E-state index in [0.29, 0.717) is 12.8 Å². The second-order valence-electron chi connectivity index (χ2n) is 10.5. The van der Waals surface area contributed by atoms with Gasteiger partial charge in [-0.3, -0.25) is 9.59 Å². The molecule has 0 heterocycles. The number of hydrogen-bond donors (Lipinski definition) is 1. The van der Waals surface area contributed by atoms with Crippen LogP contribution in [0.3, 0.4) is 0 Å². The number of carbonyl (C=O) groups excluding carboxylic acids is 2. The maximum Gasteiger partial charge on any atom is 0.306 e. The predicted molar refractivity (Wildman–Crippen MR) is 173 cm³/mol. The lowest BCUT2D eigenvalue weighted by Crippen LogP contribution is -2.28. The first-order valence-corrected chi connectivity index (χ1v) is 16.4. The third kappa shape index (κ3) is 30.4. The second kappa shape index (κ2) is 32.1. The van der Waals surface area contributed by atoms with Gasteiger partial charge in [-0.15, -0.1) is 0 Å². The molecule has 1 unspecified atom stereocenters. The van der Waals surface area contributed by atoms with Crippen molar-refractivity contribution in [2.75, 3.05) is 13.2 Å². The lowest BCUT2D eigenvalue weighted by molar-refractivity contribution is -0.161. The van der Waals surface area contributed by atoms with Crippen molar-refractivity contribution in [3.8, 4) is 0 Å². The summed E-state index contributed by atoms with van der Waals surface area (Å²) in [6, 6.07) is 0. The minimum Gasteiger partial charge on any atom is -0.462 e. The lowest BCUT2D eigenvalue weighted by Gasteiger charge is -2.15. The normalized spacial score (nSPS) is 13.0. The van der Waals surface area contributed by atoms with Crippen LogP contribution in [-0.2, 0) is 19.1 Å². The van der Waals surface area contributed by atoms with Crippen molar-refractivity contribution in [1.29, 1.82) is 0 Å². The maximum atomic E-state index is 12.1. The fourth-order valence-corrected chi connectivity index (χ4v) is 4.18. The van der Waals surface area contributed by atoms with Crippen LogP contribution in [0.2, 0.25) is 0 Å². The Morgan fingerprint density at radius 2 is 1.10 bits per heavy atom. The van der Waals surface area contributed by atoms with Gasteiger partial charge in [-0.25, -0.2) is 0 Å². The predicted octanol–water partition coefficient (Wildman–Crippen LogP) is 9.67. The quantitative estimate of drug-likeness (QED) is 0.0437. The first kappa shape index (κ1) is 38.6. The van der Waals surface area contributed by atoms with Crippen LogP contribution in [0.25, 0.3) is 0 Å². The molecule has 0 aliphatic rings. The number of hydrogen-bond acceptors (Lipinski definition) is 5. The molecule has 41 heavy (non-hydrogen) atoms. The van der Waals surface area contributed by atoms with Crippen LogP contribution in [0.15, 0.2) is 60.8 Å². The topological polar surface area (TPSA) is 72.8 Å². The average Bonchev–Trinajstić information content (AvgIpc) is 2.97. The number of aliphatic hydroxyl groups excluding tert-OH is 1. The summed E-state index contributed by atoms with van der Waals surface area (Å²) in [6.45, 7) is 3.84. The van der Waals surface area contributed by atoms with E-state index >= 15 is 0 Å². The van der Waals surface area contributed by atoms with Gasteiger partial charge in [0.1, 0.15) is 6.61 Å². The van der Waals surface area contributed by atoms with E-state index in [2.05, 4.69) is 68.5 Å². The zero-order chi connectivity index (χ0) is 30.1. The van der Waals surface area contributed by atoms with Gasteiger partial charge in [0, 0.05) is 12.8 Å². The van der Waals surface area contributed by atoms with Crippen LogP contribution in [0.5, 0.6) is 0 Å². The van der Waals surface area contributed by atoms with Gasteiger partial charge in [0.05, 0.1) is 6.61 Å². The third-order valence-corrected chi connectivity index (χ3v) is 6.62. The van der Waals surface area contributed by atoms with Crippen molar-refractivity contribution in [3.05, 3.63) is 60.8 Å². The Morgan fingerprint density at radius 3 is 1.71 bits per heavy atom. The minimum absolute atomic E-state index is 0.0826. The Kier molecular flexibility index (Phi) is 30.2. The Labute approximate surface area is 251 Å². The van der Waals surface area contributed by atoms with Crippen molar-refractivity contribution in [2.45, 2.75) is 142 Å². The van der Waals surface area contributed by atoms with Gasteiger partial charge in [0.15, 0.2) is 6.10 Å². The highest BCUT2D eigenvalue weighted by atomic mass is 16.6. The number of esters is 2. The number of ether oxygens (including phenoxy) is 2. The molecule has 1 N–H and O–H groups in total. The molecule has 0 aromatic rings. The van der Waals surface area contributed by atoms with Crippen molar-refractivity contribution in [1.82, 2.24) is 0 Å². The zero-order valence-electron chi connectivity index (χ0n) is 26.3. The largest absolute Gasteiger partial charge is 0.462 e. The van der Waals surface area contributed by atoms with Crippen LogP contribution in [0, 0.1) is 0 Å². The Bertz CT molecular complexity index is 747. The molecule has 5 heteroatoms. The molecule has 0 spiro atoms. The molecule has 5 nitrogen and oxygen atoms in total. The minimum atomic E-state index is -0.784. The van der Waals surface area contributed by atoms with Crippen molar-refractivity contribution in [2.24, 2.45) is 0 Å². The number of unbranched alkanes of at least 4 members (excludes halogenated alkanes) is 12. The Morgan fingerprint density at radius 1 is 0.585 bits per heavy atom. The van der Waals surface area contributed by atoms with E-state index in [1.165, 1.54) is 25.7 Å². The summed E-state index contributed by atoms with van der Waals surface area (Å²) in [7, 11) is 0. The fraction of sp³-hybridized carbons (Fsp3) is 0.667. The third-order valence-electron chi connectivity index (χ3n) is 6.62. The van der Waals surface area contributed by atoms with Crippen molar-refractivity contribution >= 4 is 11.9 Å². The second-order valence-corrected chi connectivity index (χ2v) is 10.5. The number of rotatable bonds is 28. The maximum absolute atomic E-state index is 12.1. The molecular weight excluding hydrogens is 512 g/mol. The van der Waals surface area contributed by atoms with Gasteiger partial charge in [0.25, 0.3) is 0 Å². The molecule has 0 aromatic carbocycles. The van der Waals surface area contributed by atoms with Crippen molar-refractivity contribution in [3.63, 3.8) is 0 Å². The average molecular weight is 573 g/mol. The molecule has 0 rings (SSSR count). The monoisotopic (exact) mass is 572 g/mol. The smallest absolute Gasteiger partial charge is 0.306 e. The van der Waals surface area contributed by atoms with Gasteiger partial charge < -0.3 is 14.6 Å². The first-order valence-electron chi connectivity index (χ1n) is 16.4. The summed E-state index contributed by atoms with van der Waals surface area (Å²) in [5.74, 6) is -0.633. The zero-order valence-corrected chi connectivity index (χ0v) is 26.3. The molecule has 0 bridgehead atoms. The summed E-state index contributed by atoms with van der Waals surface area (Å²) in [4.78, 5) is 24.1. The molecule has 0 amide bonds. The van der Waals surface area contributed by atoms with Crippen LogP contribution in [0.4, 0.5) is 0 Å². The summed E-state index contributed by atoms with van der Waals surface area (Å²) in [5, 5.41) is 9.49. The SMILES string of the molecule is CC/C=C/C=C/C=C/CCCCCCCC(=O)OCC(CO)OC(=O)CCCCCCCCC/C=C/C/C=C/CC. The number of allylic oxidation sites excluding steroid dienone is 10. The molecule has 0 aliphatic carbocycles. The first-order chi connectivity index (χ1) is 20.1. The molecule has 1 atom stereocenters. The summed E-state index contributed by atoms with van der Waals surface area (Å²) in [5.41, 5.74) is 0. The van der Waals surface area contributed by atoms with Crippen LogP contribution < -0.4 is 0 Å². The van der Waals surface area contributed by atoms with Crippen molar-refractivity contribution < 1.29 is 24.2 Å². The van der Waals surface area contributed by atoms with Crippen LogP contribution in [-0.4, -0.2) is 36.4 Å². The van der Waals surface area contributed by atoms with Gasteiger partial charge >= 0.3 is 11.9 Å². The van der Waals surface area contributed by atoms with Gasteiger partial charge in [0.2, 0.25) is 0 Å². The molecule has 0 saturated carbocycles. The Hall–Kier alpha value is -2.40. The summed E-state index contributed by atoms with van der Waals surface area (Å²) >= 11 is 0. The standard InChI is InChI=1S/C36H60O5/c1-3-5-7-9-11-13-15-17-19-21-23-25-27-29-31-36(39)41-34(32-37)33-40-35(38)30-28-26-24-22-20-18-16-14-12-10-8-6-4-2/h5-8,10-14,16,34,37H,3-4,9,15,17-33H2,1-2H3/b7-5+,8-6+,12-10+,13-11+,16-14+. The van der Waals surface area contributed by atoms with Gasteiger partial charge in [-0.2, -0.15) is 0 Å². The Balaban J connectivity index is 3.65. The lowest BCUT2D eigenvalue weighted by atomic mass is 10.1. The highest BCUT2D eigenvalue weighted by molar-refractivity contribution is 5.70. The number of aliphatic hydroxyl groups is 1. The molecule has 0 aliphatic heterocycles.